The number of nitrogens with zero attached hydrogens (tertiary/aromatic N) is 1. The van der Waals surface area contributed by atoms with Crippen LogP contribution in [0.1, 0.15) is 34.5 Å². The minimum Gasteiger partial charge on any atom is -0.494 e. The van der Waals surface area contributed by atoms with Gasteiger partial charge in [0.25, 0.3) is 5.91 Å². The van der Waals surface area contributed by atoms with E-state index in [-0.39, 0.29) is 5.75 Å². The average molecular weight is 469 g/mol. The Morgan fingerprint density at radius 3 is 2.40 bits per heavy atom. The molecule has 0 radical (unpaired) electrons. The highest BCUT2D eigenvalue weighted by Crippen LogP contribution is 2.27. The van der Waals surface area contributed by atoms with Gasteiger partial charge in [0.15, 0.2) is 6.10 Å². The molecule has 0 saturated carbocycles. The van der Waals surface area contributed by atoms with Gasteiger partial charge in [-0.1, -0.05) is 60.7 Å². The number of amides is 1. The van der Waals surface area contributed by atoms with Gasteiger partial charge < -0.3 is 14.6 Å². The highest BCUT2D eigenvalue weighted by molar-refractivity contribution is 6.04. The van der Waals surface area contributed by atoms with Gasteiger partial charge in [-0.25, -0.2) is 10.2 Å². The number of fused-ring (bicyclic) bond motifs is 1. The molecule has 7 nitrogen and oxygen atoms in total. The molecule has 0 aliphatic heterocycles. The van der Waals surface area contributed by atoms with E-state index in [0.29, 0.717) is 29.0 Å². The molecule has 4 rings (SSSR count). The van der Waals surface area contributed by atoms with E-state index in [1.54, 1.807) is 60.7 Å². The van der Waals surface area contributed by atoms with Crippen molar-refractivity contribution in [3.63, 3.8) is 0 Å². The zero-order valence-electron chi connectivity index (χ0n) is 19.0. The Morgan fingerprint density at radius 1 is 0.943 bits per heavy atom. The van der Waals surface area contributed by atoms with Crippen LogP contribution in [0.3, 0.4) is 0 Å². The topological polar surface area (TPSA) is 97.2 Å². The summed E-state index contributed by atoms with van der Waals surface area (Å²) in [4.78, 5) is 25.1. The third-order valence-electron chi connectivity index (χ3n) is 5.27. The molecule has 0 fully saturated rings. The number of rotatable bonds is 8. The molecule has 0 aromatic heterocycles. The Kier molecular flexibility index (Phi) is 7.50. The summed E-state index contributed by atoms with van der Waals surface area (Å²) in [6, 6.07) is 26.3. The predicted molar refractivity (Wildman–Crippen MR) is 134 cm³/mol. The van der Waals surface area contributed by atoms with Crippen LogP contribution in [0.25, 0.3) is 10.8 Å². The van der Waals surface area contributed by atoms with Crippen LogP contribution in [0, 0.1) is 0 Å². The number of nitrogens with one attached hydrogen (secondary N) is 1. The molecule has 4 aromatic rings. The number of hydrazone groups is 1. The van der Waals surface area contributed by atoms with E-state index >= 15 is 0 Å². The third kappa shape index (κ3) is 5.72. The van der Waals surface area contributed by atoms with E-state index in [9.17, 15) is 14.7 Å². The van der Waals surface area contributed by atoms with Crippen LogP contribution in [0.2, 0.25) is 0 Å². The van der Waals surface area contributed by atoms with Crippen molar-refractivity contribution in [2.75, 3.05) is 6.61 Å². The fourth-order valence-electron chi connectivity index (χ4n) is 3.52. The van der Waals surface area contributed by atoms with E-state index in [4.69, 9.17) is 9.47 Å². The summed E-state index contributed by atoms with van der Waals surface area (Å²) in [5.41, 5.74) is 3.68. The van der Waals surface area contributed by atoms with Crippen molar-refractivity contribution in [1.82, 2.24) is 5.43 Å². The summed E-state index contributed by atoms with van der Waals surface area (Å²) in [6.07, 6.45) is 0.0384. The van der Waals surface area contributed by atoms with Crippen molar-refractivity contribution in [2.45, 2.75) is 13.0 Å². The molecular weight excluding hydrogens is 444 g/mol. The summed E-state index contributed by atoms with van der Waals surface area (Å²) in [5, 5.41) is 16.0. The molecular formula is C28H24N2O5. The summed E-state index contributed by atoms with van der Waals surface area (Å²) >= 11 is 0. The van der Waals surface area contributed by atoms with Crippen LogP contribution >= 0.6 is 0 Å². The first kappa shape index (κ1) is 23.7. The van der Waals surface area contributed by atoms with Crippen molar-refractivity contribution in [1.29, 1.82) is 0 Å². The number of benzene rings is 4. The molecule has 1 amide bonds. The summed E-state index contributed by atoms with van der Waals surface area (Å²) in [6.45, 7) is 2.41. The molecule has 1 unspecified atom stereocenters. The van der Waals surface area contributed by atoms with Crippen molar-refractivity contribution in [2.24, 2.45) is 5.10 Å². The number of ether oxygens (including phenoxy) is 2. The largest absolute Gasteiger partial charge is 0.494 e. The highest BCUT2D eigenvalue weighted by Gasteiger charge is 2.17. The maximum atomic E-state index is 12.8. The zero-order valence-corrected chi connectivity index (χ0v) is 19.0. The lowest BCUT2D eigenvalue weighted by Crippen LogP contribution is -2.25. The van der Waals surface area contributed by atoms with Gasteiger partial charge >= 0.3 is 5.97 Å². The second-order valence-electron chi connectivity index (χ2n) is 7.59. The fraction of sp³-hybridized carbons (Fsp3) is 0.107. The smallest absolute Gasteiger partial charge is 0.343 e. The normalized spacial score (nSPS) is 11.8. The quantitative estimate of drug-likeness (QED) is 0.170. The lowest BCUT2D eigenvalue weighted by Gasteiger charge is -2.11. The summed E-state index contributed by atoms with van der Waals surface area (Å²) in [7, 11) is 0. The molecule has 0 spiro atoms. The second kappa shape index (κ2) is 11.1. The first-order chi connectivity index (χ1) is 17.1. The Balaban J connectivity index is 1.56. The summed E-state index contributed by atoms with van der Waals surface area (Å²) in [5.74, 6) is -0.276. The third-order valence-corrected chi connectivity index (χ3v) is 5.27. The molecule has 0 aliphatic rings. The Bertz CT molecular complexity index is 1350. The number of hydrogen-bond acceptors (Lipinski definition) is 6. The first-order valence-electron chi connectivity index (χ1n) is 11.1. The number of esters is 1. The van der Waals surface area contributed by atoms with Crippen LogP contribution in [0.5, 0.6) is 11.5 Å². The van der Waals surface area contributed by atoms with Gasteiger partial charge in [-0.3, -0.25) is 4.79 Å². The lowest BCUT2D eigenvalue weighted by atomic mass is 10.0. The number of aliphatic hydroxyl groups excluding tert-OH is 1. The predicted octanol–water partition coefficient (Wildman–Crippen LogP) is 4.64. The minimum atomic E-state index is -1.36. The molecule has 176 valence electrons. The zero-order chi connectivity index (χ0) is 24.6. The van der Waals surface area contributed by atoms with Crippen molar-refractivity contribution in [3.05, 3.63) is 108 Å². The van der Waals surface area contributed by atoms with Crippen LogP contribution in [-0.4, -0.2) is 29.8 Å². The van der Waals surface area contributed by atoms with Gasteiger partial charge in [-0.2, -0.15) is 5.10 Å². The van der Waals surface area contributed by atoms with Crippen LogP contribution in [0.15, 0.2) is 96.1 Å². The molecule has 0 saturated heterocycles. The van der Waals surface area contributed by atoms with E-state index in [0.717, 1.165) is 10.8 Å². The van der Waals surface area contributed by atoms with Gasteiger partial charge in [0.1, 0.15) is 11.5 Å². The molecule has 2 N–H and O–H groups in total. The monoisotopic (exact) mass is 468 g/mol. The van der Waals surface area contributed by atoms with E-state index in [1.165, 1.54) is 6.21 Å². The highest BCUT2D eigenvalue weighted by atomic mass is 16.5. The molecule has 1 atom stereocenters. The number of carbonyl (C=O) groups excluding carboxylic acids is 2. The fourth-order valence-corrected chi connectivity index (χ4v) is 3.52. The van der Waals surface area contributed by atoms with Crippen LogP contribution in [0.4, 0.5) is 0 Å². The van der Waals surface area contributed by atoms with Gasteiger partial charge in [0.2, 0.25) is 0 Å². The molecule has 0 aliphatic carbocycles. The van der Waals surface area contributed by atoms with Crippen molar-refractivity contribution < 1.29 is 24.2 Å². The van der Waals surface area contributed by atoms with Crippen molar-refractivity contribution >= 4 is 28.9 Å². The maximum absolute atomic E-state index is 12.8. The number of hydrogen-bond donors (Lipinski definition) is 2. The SMILES string of the molecule is CCOc1ccc(C(=O)Oc2ccc3ccccc3c2/C=N/NC(=O)C(O)c2ccccc2)cc1. The van der Waals surface area contributed by atoms with Crippen LogP contribution < -0.4 is 14.9 Å². The molecule has 0 bridgehead atoms. The van der Waals surface area contributed by atoms with E-state index in [2.05, 4.69) is 10.5 Å². The molecule has 35 heavy (non-hydrogen) atoms. The number of aliphatic hydroxyl groups is 1. The Morgan fingerprint density at radius 2 is 1.66 bits per heavy atom. The van der Waals surface area contributed by atoms with Crippen molar-refractivity contribution in [3.8, 4) is 11.5 Å². The maximum Gasteiger partial charge on any atom is 0.343 e. The van der Waals surface area contributed by atoms with Gasteiger partial charge in [0, 0.05) is 5.56 Å². The lowest BCUT2D eigenvalue weighted by molar-refractivity contribution is -0.129. The molecule has 0 heterocycles. The molecule has 7 heteroatoms. The summed E-state index contributed by atoms with van der Waals surface area (Å²) < 4.78 is 11.1. The second-order valence-corrected chi connectivity index (χ2v) is 7.59. The minimum absolute atomic E-state index is 0.282. The number of carbonyl (C=O) groups is 2. The van der Waals surface area contributed by atoms with Crippen LogP contribution in [-0.2, 0) is 4.79 Å². The standard InChI is InChI=1S/C28H24N2O5/c1-2-34-22-15-12-21(13-16-22)28(33)35-25-17-14-19-8-6-7-11-23(19)24(25)18-29-30-27(32)26(31)20-9-4-3-5-10-20/h3-18,26,31H,2H2,1H3,(H,30,32)/b29-18+. The van der Waals surface area contributed by atoms with Gasteiger partial charge in [-0.05, 0) is 53.6 Å². The Labute approximate surface area is 202 Å². The molecule has 4 aromatic carbocycles. The van der Waals surface area contributed by atoms with Gasteiger partial charge in [-0.15, -0.1) is 0 Å². The average Bonchev–Trinajstić information content (AvgIpc) is 2.90. The van der Waals surface area contributed by atoms with Gasteiger partial charge in [0.05, 0.1) is 18.4 Å². The van der Waals surface area contributed by atoms with E-state index < -0.39 is 18.0 Å². The Hall–Kier alpha value is -4.49. The first-order valence-corrected chi connectivity index (χ1v) is 11.1. The van der Waals surface area contributed by atoms with E-state index in [1.807, 2.05) is 37.3 Å².